The summed E-state index contributed by atoms with van der Waals surface area (Å²) in [4.78, 5) is 6.28. The highest BCUT2D eigenvalue weighted by Gasteiger charge is 2.31. The third-order valence-corrected chi connectivity index (χ3v) is 4.84. The molecule has 1 saturated carbocycles. The fourth-order valence-corrected chi connectivity index (χ4v) is 3.68. The number of rotatable bonds is 7. The van der Waals surface area contributed by atoms with Gasteiger partial charge in [-0.15, -0.1) is 11.3 Å². The van der Waals surface area contributed by atoms with Gasteiger partial charge in [-0.1, -0.05) is 0 Å². The van der Waals surface area contributed by atoms with Crippen LogP contribution in [0.4, 0.5) is 0 Å². The lowest BCUT2D eigenvalue weighted by Crippen LogP contribution is -2.18. The molecule has 1 atom stereocenters. The summed E-state index contributed by atoms with van der Waals surface area (Å²) in [5.74, 6) is 0.714. The minimum atomic E-state index is 0.259. The number of methoxy groups -OCH3 is 1. The van der Waals surface area contributed by atoms with Crippen molar-refractivity contribution in [3.8, 4) is 0 Å². The lowest BCUT2D eigenvalue weighted by atomic mass is 10.2. The molecule has 2 heterocycles. The number of aromatic nitrogens is 1. The lowest BCUT2D eigenvalue weighted by Gasteiger charge is -2.03. The quantitative estimate of drug-likeness (QED) is 0.781. The normalized spacial score (nSPS) is 23.1. The van der Waals surface area contributed by atoms with Gasteiger partial charge in [0, 0.05) is 37.6 Å². The summed E-state index contributed by atoms with van der Waals surface area (Å²) in [5.41, 5.74) is 1.33. The lowest BCUT2D eigenvalue weighted by molar-refractivity contribution is 0.111. The third kappa shape index (κ3) is 3.34. The van der Waals surface area contributed by atoms with Gasteiger partial charge < -0.3 is 14.8 Å². The predicted octanol–water partition coefficient (Wildman–Crippen LogP) is 2.61. The molecule has 0 radical (unpaired) electrons. The van der Waals surface area contributed by atoms with Gasteiger partial charge in [-0.05, 0) is 25.7 Å². The highest BCUT2D eigenvalue weighted by atomic mass is 32.1. The van der Waals surface area contributed by atoms with E-state index in [1.807, 2.05) is 11.3 Å². The Bertz CT molecular complexity index is 412. The van der Waals surface area contributed by atoms with E-state index in [2.05, 4.69) is 5.32 Å². The summed E-state index contributed by atoms with van der Waals surface area (Å²) >= 11 is 1.84. The molecule has 1 N–H and O–H groups in total. The van der Waals surface area contributed by atoms with Crippen molar-refractivity contribution in [2.75, 3.05) is 26.9 Å². The zero-order valence-electron chi connectivity index (χ0n) is 11.5. The molecule has 0 spiro atoms. The summed E-state index contributed by atoms with van der Waals surface area (Å²) in [5, 5.41) is 4.63. The number of nitrogens with one attached hydrogen (secondary N) is 1. The number of hydrogen-bond donors (Lipinski definition) is 1. The molecule has 0 amide bonds. The largest absolute Gasteiger partial charge is 0.383 e. The number of ether oxygens (including phenoxy) is 2. The van der Waals surface area contributed by atoms with E-state index in [1.165, 1.54) is 34.8 Å². The maximum Gasteiger partial charge on any atom is 0.122 e. The predicted molar refractivity (Wildman–Crippen MR) is 75.6 cm³/mol. The maximum absolute atomic E-state index is 5.76. The number of hydrogen-bond acceptors (Lipinski definition) is 5. The van der Waals surface area contributed by atoms with Crippen LogP contribution in [-0.4, -0.2) is 31.9 Å². The first-order chi connectivity index (χ1) is 9.38. The molecule has 0 aromatic carbocycles. The van der Waals surface area contributed by atoms with Crippen molar-refractivity contribution < 1.29 is 9.47 Å². The molecule has 3 rings (SSSR count). The Morgan fingerprint density at radius 1 is 1.42 bits per heavy atom. The van der Waals surface area contributed by atoms with Crippen LogP contribution in [-0.2, 0) is 16.0 Å². The molecule has 19 heavy (non-hydrogen) atoms. The SMILES string of the molecule is COCCNCc1sc(C2CCCO2)nc1C1CC1. The van der Waals surface area contributed by atoms with E-state index in [0.717, 1.165) is 32.7 Å². The standard InChI is InChI=1S/C14H22N2O2S/c1-17-8-6-15-9-12-13(10-4-5-10)16-14(19-12)11-3-2-7-18-11/h10-11,15H,2-9H2,1H3. The first kappa shape index (κ1) is 13.5. The molecule has 1 aliphatic heterocycles. The minimum Gasteiger partial charge on any atom is -0.383 e. The fraction of sp³-hybridized carbons (Fsp3) is 0.786. The highest BCUT2D eigenvalue weighted by molar-refractivity contribution is 7.11. The van der Waals surface area contributed by atoms with Crippen molar-refractivity contribution in [1.82, 2.24) is 10.3 Å². The van der Waals surface area contributed by atoms with Crippen molar-refractivity contribution in [1.29, 1.82) is 0 Å². The van der Waals surface area contributed by atoms with Crippen LogP contribution < -0.4 is 5.32 Å². The maximum atomic E-state index is 5.76. The summed E-state index contributed by atoms with van der Waals surface area (Å²) in [6, 6.07) is 0. The van der Waals surface area contributed by atoms with E-state index in [9.17, 15) is 0 Å². The zero-order valence-corrected chi connectivity index (χ0v) is 12.3. The summed E-state index contributed by atoms with van der Waals surface area (Å²) in [6.45, 7) is 3.47. The molecule has 1 aromatic heterocycles. The topological polar surface area (TPSA) is 43.4 Å². The van der Waals surface area contributed by atoms with Crippen molar-refractivity contribution >= 4 is 11.3 Å². The van der Waals surface area contributed by atoms with Crippen molar-refractivity contribution in [2.24, 2.45) is 0 Å². The summed E-state index contributed by atoms with van der Waals surface area (Å²) < 4.78 is 10.8. The van der Waals surface area contributed by atoms with E-state index in [0.29, 0.717) is 5.92 Å². The van der Waals surface area contributed by atoms with E-state index in [1.54, 1.807) is 7.11 Å². The van der Waals surface area contributed by atoms with E-state index in [-0.39, 0.29) is 6.10 Å². The van der Waals surface area contributed by atoms with Crippen LogP contribution in [0.3, 0.4) is 0 Å². The second-order valence-electron chi connectivity index (χ2n) is 5.31. The Labute approximate surface area is 118 Å². The Kier molecular flexibility index (Phi) is 4.48. The molecule has 4 nitrogen and oxygen atoms in total. The van der Waals surface area contributed by atoms with Crippen molar-refractivity contribution in [3.63, 3.8) is 0 Å². The van der Waals surface area contributed by atoms with Crippen molar-refractivity contribution in [2.45, 2.75) is 44.2 Å². The summed E-state index contributed by atoms with van der Waals surface area (Å²) in [6.07, 6.45) is 5.17. The van der Waals surface area contributed by atoms with Gasteiger partial charge in [0.2, 0.25) is 0 Å². The van der Waals surface area contributed by atoms with Crippen LogP contribution in [0.25, 0.3) is 0 Å². The van der Waals surface area contributed by atoms with Crippen LogP contribution >= 0.6 is 11.3 Å². The van der Waals surface area contributed by atoms with Crippen LogP contribution in [0.15, 0.2) is 0 Å². The first-order valence-corrected chi connectivity index (χ1v) is 8.01. The molecule has 1 aliphatic carbocycles. The molecule has 1 aromatic rings. The van der Waals surface area contributed by atoms with Crippen LogP contribution in [0.1, 0.15) is 53.3 Å². The molecule has 1 unspecified atom stereocenters. The number of nitrogens with zero attached hydrogens (tertiary/aromatic N) is 1. The van der Waals surface area contributed by atoms with Gasteiger partial charge in [0.1, 0.15) is 11.1 Å². The molecule has 0 bridgehead atoms. The number of thiazole rings is 1. The second-order valence-corrected chi connectivity index (χ2v) is 6.42. The van der Waals surface area contributed by atoms with E-state index < -0.39 is 0 Å². The Hall–Kier alpha value is -0.490. The highest BCUT2D eigenvalue weighted by Crippen LogP contribution is 2.44. The molecule has 106 valence electrons. The minimum absolute atomic E-state index is 0.259. The van der Waals surface area contributed by atoms with Crippen LogP contribution in [0.2, 0.25) is 0 Å². The zero-order chi connectivity index (χ0) is 13.1. The Balaban J connectivity index is 1.66. The van der Waals surface area contributed by atoms with Crippen molar-refractivity contribution in [3.05, 3.63) is 15.6 Å². The average molecular weight is 282 g/mol. The van der Waals surface area contributed by atoms with Gasteiger partial charge in [-0.25, -0.2) is 4.98 Å². The summed E-state index contributed by atoms with van der Waals surface area (Å²) in [7, 11) is 1.74. The first-order valence-electron chi connectivity index (χ1n) is 7.19. The average Bonchev–Trinajstić information content (AvgIpc) is 2.96. The van der Waals surface area contributed by atoms with Crippen LogP contribution in [0, 0.1) is 0 Å². The smallest absolute Gasteiger partial charge is 0.122 e. The van der Waals surface area contributed by atoms with Gasteiger partial charge in [0.15, 0.2) is 0 Å². The fourth-order valence-electron chi connectivity index (χ4n) is 2.47. The van der Waals surface area contributed by atoms with Gasteiger partial charge in [0.05, 0.1) is 12.3 Å². The van der Waals surface area contributed by atoms with Gasteiger partial charge in [-0.3, -0.25) is 0 Å². The Morgan fingerprint density at radius 3 is 3.00 bits per heavy atom. The molecule has 2 fully saturated rings. The Morgan fingerprint density at radius 2 is 2.32 bits per heavy atom. The molecule has 1 saturated heterocycles. The van der Waals surface area contributed by atoms with E-state index in [4.69, 9.17) is 14.5 Å². The van der Waals surface area contributed by atoms with Gasteiger partial charge in [0.25, 0.3) is 0 Å². The molecular formula is C14H22N2O2S. The monoisotopic (exact) mass is 282 g/mol. The second kappa shape index (κ2) is 6.31. The van der Waals surface area contributed by atoms with E-state index >= 15 is 0 Å². The third-order valence-electron chi connectivity index (χ3n) is 3.68. The van der Waals surface area contributed by atoms with Gasteiger partial charge in [-0.2, -0.15) is 0 Å². The van der Waals surface area contributed by atoms with Gasteiger partial charge >= 0.3 is 0 Å². The van der Waals surface area contributed by atoms with Crippen LogP contribution in [0.5, 0.6) is 0 Å². The molecular weight excluding hydrogens is 260 g/mol. The molecule has 5 heteroatoms. The molecule has 2 aliphatic rings.